The van der Waals surface area contributed by atoms with Gasteiger partial charge in [-0.05, 0) is 62.2 Å². The summed E-state index contributed by atoms with van der Waals surface area (Å²) in [5, 5.41) is 0. The molecule has 2 heterocycles. The predicted octanol–water partition coefficient (Wildman–Crippen LogP) is 3.28. The predicted molar refractivity (Wildman–Crippen MR) is 125 cm³/mol. The number of H-pyrrole nitrogens is 1. The Hall–Kier alpha value is -3.50. The van der Waals surface area contributed by atoms with Crippen molar-refractivity contribution in [1.29, 1.82) is 0 Å². The van der Waals surface area contributed by atoms with Crippen LogP contribution in [0.5, 0.6) is 5.75 Å². The van der Waals surface area contributed by atoms with E-state index in [9.17, 15) is 18.0 Å². The number of esters is 1. The molecule has 9 nitrogen and oxygen atoms in total. The first-order chi connectivity index (χ1) is 16.1. The Morgan fingerprint density at radius 2 is 1.79 bits per heavy atom. The van der Waals surface area contributed by atoms with Gasteiger partial charge in [-0.3, -0.25) is 9.78 Å². The molecule has 0 spiro atoms. The van der Waals surface area contributed by atoms with Crippen LogP contribution in [0.3, 0.4) is 0 Å². The number of nitrogens with one attached hydrogen (secondary N) is 1. The zero-order valence-corrected chi connectivity index (χ0v) is 20.5. The minimum atomic E-state index is -4.09. The largest absolute Gasteiger partial charge is 0.497 e. The maximum atomic E-state index is 13.7. The molecule has 0 saturated heterocycles. The summed E-state index contributed by atoms with van der Waals surface area (Å²) in [7, 11) is -1.35. The highest BCUT2D eigenvalue weighted by Crippen LogP contribution is 2.27. The molecule has 34 heavy (non-hydrogen) atoms. The van der Waals surface area contributed by atoms with Gasteiger partial charge in [-0.15, -0.1) is 0 Å². The highest BCUT2D eigenvalue weighted by Gasteiger charge is 2.36. The highest BCUT2D eigenvalue weighted by molar-refractivity contribution is 7.89. The second-order valence-corrected chi connectivity index (χ2v) is 9.63. The van der Waals surface area contributed by atoms with Crippen LogP contribution in [0.1, 0.15) is 44.6 Å². The quantitative estimate of drug-likeness (QED) is 0.365. The molecular weight excluding hydrogens is 458 g/mol. The summed E-state index contributed by atoms with van der Waals surface area (Å²) in [6.45, 7) is 4.74. The summed E-state index contributed by atoms with van der Waals surface area (Å²) in [6, 6.07) is 8.32. The van der Waals surface area contributed by atoms with Gasteiger partial charge in [0.25, 0.3) is 0 Å². The second-order valence-electron chi connectivity index (χ2n) is 7.74. The lowest BCUT2D eigenvalue weighted by Gasteiger charge is -2.28. The summed E-state index contributed by atoms with van der Waals surface area (Å²) in [5.74, 6) is -0.538. The van der Waals surface area contributed by atoms with Gasteiger partial charge in [-0.2, -0.15) is 4.31 Å². The van der Waals surface area contributed by atoms with Crippen LogP contribution in [0.25, 0.3) is 0 Å². The molecule has 3 rings (SSSR count). The van der Waals surface area contributed by atoms with Crippen LogP contribution in [-0.4, -0.2) is 54.7 Å². The number of Topliss-reactive ketones (excluding diaryl/α,β-unsaturated/α-hetero) is 1. The van der Waals surface area contributed by atoms with Crippen LogP contribution in [0, 0.1) is 13.8 Å². The topological polar surface area (TPSA) is 119 Å². The van der Waals surface area contributed by atoms with E-state index < -0.39 is 27.8 Å². The number of aromatic nitrogens is 2. The van der Waals surface area contributed by atoms with Crippen molar-refractivity contribution in [3.63, 3.8) is 0 Å². The van der Waals surface area contributed by atoms with Crippen LogP contribution in [0.2, 0.25) is 0 Å². The van der Waals surface area contributed by atoms with Gasteiger partial charge in [0.15, 0.2) is 5.78 Å². The van der Waals surface area contributed by atoms with Crippen molar-refractivity contribution in [3.8, 4) is 5.75 Å². The van der Waals surface area contributed by atoms with E-state index in [2.05, 4.69) is 9.97 Å². The number of ether oxygens (including phenoxy) is 2. The van der Waals surface area contributed by atoms with Crippen molar-refractivity contribution in [1.82, 2.24) is 14.3 Å². The fourth-order valence-electron chi connectivity index (χ4n) is 3.75. The Kier molecular flexibility index (Phi) is 7.53. The normalized spacial score (nSPS) is 12.4. The fourth-order valence-corrected chi connectivity index (χ4v) is 5.33. The summed E-state index contributed by atoms with van der Waals surface area (Å²) in [6.07, 6.45) is 3.14. The first kappa shape index (κ1) is 25.1. The molecule has 1 N–H and O–H groups in total. The number of aromatic amines is 1. The number of ketones is 1. The van der Waals surface area contributed by atoms with E-state index in [0.717, 1.165) is 4.31 Å². The summed E-state index contributed by atoms with van der Waals surface area (Å²) in [4.78, 5) is 32.6. The van der Waals surface area contributed by atoms with Crippen molar-refractivity contribution < 1.29 is 27.5 Å². The molecule has 1 unspecified atom stereocenters. The molecule has 1 atom stereocenters. The molecule has 0 aliphatic rings. The number of sulfonamides is 1. The Bertz CT molecular complexity index is 1280. The molecule has 3 aromatic rings. The number of nitrogens with zero attached hydrogens (tertiary/aromatic N) is 2. The Labute approximate surface area is 198 Å². The number of hydrogen-bond acceptors (Lipinski definition) is 7. The highest BCUT2D eigenvalue weighted by atomic mass is 32.2. The van der Waals surface area contributed by atoms with Crippen molar-refractivity contribution in [3.05, 3.63) is 76.9 Å². The Morgan fingerprint density at radius 1 is 1.12 bits per heavy atom. The molecule has 0 radical (unpaired) electrons. The number of rotatable bonds is 9. The third kappa shape index (κ3) is 4.87. The first-order valence-electron chi connectivity index (χ1n) is 10.5. The monoisotopic (exact) mass is 485 g/mol. The fraction of sp³-hybridized carbons (Fsp3) is 0.292. The van der Waals surface area contributed by atoms with Gasteiger partial charge in [-0.1, -0.05) is 6.07 Å². The van der Waals surface area contributed by atoms with Gasteiger partial charge in [0, 0.05) is 30.2 Å². The van der Waals surface area contributed by atoms with Crippen LogP contribution in [0.15, 0.2) is 53.7 Å². The van der Waals surface area contributed by atoms with Crippen molar-refractivity contribution >= 4 is 21.8 Å². The molecule has 10 heteroatoms. The Balaban J connectivity index is 2.06. The molecular formula is C24H27N3O6S. The van der Waals surface area contributed by atoms with Gasteiger partial charge in [0.1, 0.15) is 11.4 Å². The van der Waals surface area contributed by atoms with Crippen molar-refractivity contribution in [2.75, 3.05) is 14.2 Å². The van der Waals surface area contributed by atoms with E-state index in [-0.39, 0.29) is 22.7 Å². The maximum Gasteiger partial charge on any atom is 0.354 e. The van der Waals surface area contributed by atoms with E-state index in [1.54, 1.807) is 50.5 Å². The molecule has 180 valence electrons. The average Bonchev–Trinajstić information content (AvgIpc) is 3.15. The van der Waals surface area contributed by atoms with Gasteiger partial charge >= 0.3 is 5.97 Å². The van der Waals surface area contributed by atoms with Crippen molar-refractivity contribution in [2.45, 2.75) is 38.3 Å². The van der Waals surface area contributed by atoms with Crippen LogP contribution in [0.4, 0.5) is 0 Å². The first-order valence-corrected chi connectivity index (χ1v) is 11.9. The number of carbonyl (C=O) groups is 2. The number of hydrogen-bond donors (Lipinski definition) is 1. The third-order valence-corrected chi connectivity index (χ3v) is 7.54. The lowest BCUT2D eigenvalue weighted by molar-refractivity contribution is 0.0593. The number of methoxy groups -OCH3 is 2. The van der Waals surface area contributed by atoms with Crippen molar-refractivity contribution in [2.24, 2.45) is 0 Å². The molecule has 0 bridgehead atoms. The van der Waals surface area contributed by atoms with Gasteiger partial charge < -0.3 is 14.5 Å². The summed E-state index contributed by atoms with van der Waals surface area (Å²) in [5.41, 5.74) is 1.90. The van der Waals surface area contributed by atoms with Crippen LogP contribution < -0.4 is 4.74 Å². The lowest BCUT2D eigenvalue weighted by atomic mass is 10.0. The minimum Gasteiger partial charge on any atom is -0.497 e. The summed E-state index contributed by atoms with van der Waals surface area (Å²) >= 11 is 0. The summed E-state index contributed by atoms with van der Waals surface area (Å²) < 4.78 is 38.4. The van der Waals surface area contributed by atoms with Gasteiger partial charge in [-0.25, -0.2) is 13.2 Å². The van der Waals surface area contributed by atoms with E-state index in [4.69, 9.17) is 9.47 Å². The molecule has 2 aromatic heterocycles. The number of pyridine rings is 1. The Morgan fingerprint density at radius 3 is 2.35 bits per heavy atom. The SMILES string of the molecule is COC(=O)c1[nH]c(C)c(C(=O)C(C)N(Cc2cccnc2)S(=O)(=O)c2ccc(OC)cc2)c1C. The molecule has 0 aliphatic heterocycles. The lowest BCUT2D eigenvalue weighted by Crippen LogP contribution is -2.43. The zero-order valence-electron chi connectivity index (χ0n) is 19.7. The van der Waals surface area contributed by atoms with E-state index >= 15 is 0 Å². The molecule has 0 amide bonds. The average molecular weight is 486 g/mol. The van der Waals surface area contributed by atoms with E-state index in [1.807, 2.05) is 0 Å². The number of aryl methyl sites for hydroxylation is 1. The maximum absolute atomic E-state index is 13.7. The zero-order chi connectivity index (χ0) is 25.0. The minimum absolute atomic E-state index is 0.0228. The standard InChI is InChI=1S/C24H27N3O6S/c1-15-21(16(2)26-22(15)24(29)33-5)23(28)17(3)27(14-18-7-6-12-25-13-18)34(30,31)20-10-8-19(32-4)9-11-20/h6-13,17,26H,14H2,1-5H3. The molecule has 1 aromatic carbocycles. The molecule has 0 saturated carbocycles. The third-order valence-electron chi connectivity index (χ3n) is 5.61. The molecule has 0 aliphatic carbocycles. The number of benzene rings is 1. The molecule has 0 fully saturated rings. The second kappa shape index (κ2) is 10.2. The van der Waals surface area contributed by atoms with Gasteiger partial charge in [0.05, 0.1) is 25.2 Å². The number of carbonyl (C=O) groups excluding carboxylic acids is 2. The smallest absolute Gasteiger partial charge is 0.354 e. The van der Waals surface area contributed by atoms with Crippen LogP contribution in [-0.2, 0) is 21.3 Å². The van der Waals surface area contributed by atoms with Gasteiger partial charge in [0.2, 0.25) is 10.0 Å². The van der Waals surface area contributed by atoms with Crippen LogP contribution >= 0.6 is 0 Å². The van der Waals surface area contributed by atoms with E-state index in [0.29, 0.717) is 22.6 Å². The van der Waals surface area contributed by atoms with E-state index in [1.165, 1.54) is 33.3 Å².